The second-order valence-electron chi connectivity index (χ2n) is 15.4. The minimum absolute atomic E-state index is 0. The number of fused-ring (bicyclic) bond motifs is 5. The van der Waals surface area contributed by atoms with E-state index in [1.165, 1.54) is 32.1 Å². The number of rotatable bonds is 9. The normalized spacial score (nSPS) is 33.8. The maximum absolute atomic E-state index is 14.7. The zero-order chi connectivity index (χ0) is 39.4. The molecule has 0 spiro atoms. The van der Waals surface area contributed by atoms with Crippen LogP contribution in [0.4, 0.5) is 4.79 Å². The maximum atomic E-state index is 14.7. The number of ether oxygens (including phenoxy) is 4. The first-order valence-electron chi connectivity index (χ1n) is 17.8. The first-order chi connectivity index (χ1) is 25.4. The molecule has 6 N–H and O–H groups in total. The number of hydrogen-bond acceptors (Lipinski definition) is 13. The van der Waals surface area contributed by atoms with Crippen molar-refractivity contribution >= 4 is 23.8 Å². The van der Waals surface area contributed by atoms with Gasteiger partial charge in [0.25, 0.3) is 0 Å². The van der Waals surface area contributed by atoms with E-state index in [-0.39, 0.29) is 124 Å². The predicted octanol–water partition coefficient (Wildman–Crippen LogP) is 2.08. The minimum atomic E-state index is -2.31. The van der Waals surface area contributed by atoms with Gasteiger partial charge >= 0.3 is 18.0 Å². The van der Waals surface area contributed by atoms with Gasteiger partial charge in [-0.05, 0) is 42.7 Å². The summed E-state index contributed by atoms with van der Waals surface area (Å²) in [5.41, 5.74) is -7.24. The van der Waals surface area contributed by atoms with Crippen LogP contribution in [0.1, 0.15) is 62.5 Å². The Bertz CT molecular complexity index is 1840. The Labute approximate surface area is 396 Å². The molecule has 3 aliphatic carbocycles. The summed E-state index contributed by atoms with van der Waals surface area (Å²) in [6, 6.07) is 14.6. The fraction of sp³-hybridized carbons (Fsp3) is 0.500. The molecule has 56 heavy (non-hydrogen) atoms. The van der Waals surface area contributed by atoms with Crippen LogP contribution in [-0.2, 0) is 28.5 Å². The summed E-state index contributed by atoms with van der Waals surface area (Å²) in [5, 5.41) is 62.9. The van der Waals surface area contributed by atoms with Crippen molar-refractivity contribution in [1.29, 1.82) is 0 Å². The molecule has 14 nitrogen and oxygen atoms in total. The molecule has 11 atom stereocenters. The third-order valence-electron chi connectivity index (χ3n) is 12.2. The van der Waals surface area contributed by atoms with E-state index in [1.807, 2.05) is 0 Å². The molecule has 2 aromatic rings. The van der Waals surface area contributed by atoms with Gasteiger partial charge in [-0.15, -0.1) is 0 Å². The summed E-state index contributed by atoms with van der Waals surface area (Å²) in [4.78, 5) is 55.0. The fourth-order valence-electron chi connectivity index (χ4n) is 9.03. The number of nitrogens with one attached hydrogen (secondary N) is 1. The van der Waals surface area contributed by atoms with Gasteiger partial charge in [0.05, 0.1) is 35.8 Å². The summed E-state index contributed by atoms with van der Waals surface area (Å²) in [6.07, 6.45) is -9.99. The van der Waals surface area contributed by atoms with Gasteiger partial charge in [0.15, 0.2) is 11.9 Å². The van der Waals surface area contributed by atoms with E-state index >= 15 is 0 Å². The average Bonchev–Trinajstić information content (AvgIpc) is 3.15. The van der Waals surface area contributed by atoms with Crippen LogP contribution in [0.3, 0.4) is 0 Å². The molecule has 0 aromatic heterocycles. The van der Waals surface area contributed by atoms with Crippen LogP contribution in [0, 0.1) is 105 Å². The van der Waals surface area contributed by atoms with Gasteiger partial charge < -0.3 is 49.8 Å². The van der Waals surface area contributed by atoms with Crippen LogP contribution in [0.5, 0.6) is 0 Å². The zero-order valence-corrected chi connectivity index (χ0v) is 41.2. The number of aliphatic hydroxyl groups is 5. The number of alkyl carbamates (subject to hydrolysis) is 1. The Kier molecular flexibility index (Phi) is 15.1. The smallest absolute Gasteiger partial charge is 0.408 e. The van der Waals surface area contributed by atoms with Crippen LogP contribution in [0.15, 0.2) is 84.5 Å². The van der Waals surface area contributed by atoms with Crippen LogP contribution in [-0.4, -0.2) is 110 Å². The fourth-order valence-corrected chi connectivity index (χ4v) is 9.03. The molecule has 2 aromatic carbocycles. The third-order valence-corrected chi connectivity index (χ3v) is 12.2. The van der Waals surface area contributed by atoms with Crippen LogP contribution < -0.4 is 5.32 Å². The van der Waals surface area contributed by atoms with E-state index < -0.39 is 101 Å². The number of ketones is 1. The van der Waals surface area contributed by atoms with Crippen molar-refractivity contribution < 1.29 is 152 Å². The number of esters is 2. The van der Waals surface area contributed by atoms with Crippen molar-refractivity contribution in [2.45, 2.75) is 94.4 Å². The Balaban J connectivity index is 0.00000348. The molecular weight excluding hydrogens is 1160 g/mol. The van der Waals surface area contributed by atoms with Gasteiger partial charge in [-0.1, -0.05) is 75.0 Å². The van der Waals surface area contributed by atoms with Crippen molar-refractivity contribution in [2.75, 3.05) is 13.2 Å². The van der Waals surface area contributed by atoms with Crippen LogP contribution in [0.2, 0.25) is 0 Å². The Morgan fingerprint density at radius 1 is 1.00 bits per heavy atom. The molecule has 1 heterocycles. The quantitative estimate of drug-likeness (QED) is 0.121. The molecule has 3 fully saturated rings. The predicted molar refractivity (Wildman–Crippen MR) is 189 cm³/mol. The number of Topliss-reactive ketones (excluding diaryl/α,β-unsaturated/α-hetero) is 1. The molecule has 6 rings (SSSR count). The SMILES string of the molecule is C=CCOC(=O)N[C@@H](c1ccccc1)[C@@H](O)C(=O)OC1C[C@@]2(O)[C@@H](OC(=O)c3ccccc3)[C@@H]3[C@]4(O)CO[C@@H]4C[C@H](O)[C@@]3(C)C(=O)[C@H](O)C(=C1C)C2(C)C.[Ac].[Ac]. The van der Waals surface area contributed by atoms with E-state index in [9.17, 15) is 44.7 Å². The summed E-state index contributed by atoms with van der Waals surface area (Å²) in [6.45, 7) is 9.00. The minimum Gasteiger partial charge on any atom is -0.456 e. The van der Waals surface area contributed by atoms with Crippen LogP contribution >= 0.6 is 0 Å². The number of carbonyl (C=O) groups is 4. The molecule has 1 aliphatic heterocycles. The molecule has 296 valence electrons. The first kappa shape index (κ1) is 47.1. The maximum Gasteiger partial charge on any atom is 0.408 e. The van der Waals surface area contributed by atoms with Crippen molar-refractivity contribution in [3.05, 3.63) is 95.6 Å². The van der Waals surface area contributed by atoms with Gasteiger partial charge in [0.2, 0.25) is 0 Å². The second kappa shape index (κ2) is 18.0. The van der Waals surface area contributed by atoms with Gasteiger partial charge in [-0.25, -0.2) is 14.4 Å². The molecule has 2 bridgehead atoms. The Hall–Kier alpha value is -1.56. The molecule has 2 radical (unpaired) electrons. The number of aliphatic hydroxyl groups excluding tert-OH is 3. The van der Waals surface area contributed by atoms with Gasteiger partial charge in [0.1, 0.15) is 36.1 Å². The second-order valence-corrected chi connectivity index (χ2v) is 15.4. The van der Waals surface area contributed by atoms with Crippen LogP contribution in [0.25, 0.3) is 0 Å². The van der Waals surface area contributed by atoms with E-state index in [1.54, 1.807) is 62.4 Å². The van der Waals surface area contributed by atoms with E-state index in [4.69, 9.17) is 18.9 Å². The largest absolute Gasteiger partial charge is 0.456 e. The first-order valence-corrected chi connectivity index (χ1v) is 17.8. The van der Waals surface area contributed by atoms with Crippen molar-refractivity contribution in [2.24, 2.45) is 16.7 Å². The van der Waals surface area contributed by atoms with E-state index in [0.29, 0.717) is 5.56 Å². The summed E-state index contributed by atoms with van der Waals surface area (Å²) >= 11 is 0. The third kappa shape index (κ3) is 7.91. The summed E-state index contributed by atoms with van der Waals surface area (Å²) < 4.78 is 22.7. The Morgan fingerprint density at radius 2 is 1.61 bits per heavy atom. The Morgan fingerprint density at radius 3 is 2.18 bits per heavy atom. The monoisotopic (exact) mass is 1200 g/mol. The summed E-state index contributed by atoms with van der Waals surface area (Å²) in [7, 11) is 0. The van der Waals surface area contributed by atoms with Crippen molar-refractivity contribution in [3.8, 4) is 0 Å². The average molecular weight is 1200 g/mol. The topological polar surface area (TPSA) is 218 Å². The number of amides is 1. The zero-order valence-electron chi connectivity index (χ0n) is 31.7. The summed E-state index contributed by atoms with van der Waals surface area (Å²) in [5.74, 6) is -4.57. The molecule has 2 saturated carbocycles. The molecule has 1 saturated heterocycles. The molecule has 16 heteroatoms. The van der Waals surface area contributed by atoms with Crippen molar-refractivity contribution in [3.63, 3.8) is 0 Å². The molecular formula is C40H47Ac2NO13. The van der Waals surface area contributed by atoms with Crippen molar-refractivity contribution in [1.82, 2.24) is 5.32 Å². The van der Waals surface area contributed by atoms with Gasteiger partial charge in [-0.3, -0.25) is 4.79 Å². The van der Waals surface area contributed by atoms with E-state index in [0.717, 1.165) is 0 Å². The molecule has 1 unspecified atom stereocenters. The number of hydrogen-bond donors (Lipinski definition) is 6. The van der Waals surface area contributed by atoms with Gasteiger partial charge in [0, 0.05) is 112 Å². The standard InChI is InChI=1S/C40H47NO13.2Ac/c1-6-17-51-36(48)41-28(22-13-9-7-10-14-22)30(44)35(47)53-24-19-40(50)33(54-34(46)23-15-11-8-12-16-23)31-38(5,25(42)18-26-39(31,49)20-52-26)32(45)29(43)27(21(24)2)37(40,3)4;;/h6-16,24-26,28-31,33,42-44,49-50H,1,17-20H2,2-5H3,(H,41,48);;/t24?,25-,26+,28-,29+,30+,31-,33-,38+,39-,40+;;/m0../s1. The van der Waals surface area contributed by atoms with Gasteiger partial charge in [-0.2, -0.15) is 0 Å². The number of carbonyl (C=O) groups excluding carboxylic acids is 4. The number of benzene rings is 2. The molecule has 4 aliphatic rings. The van der Waals surface area contributed by atoms with E-state index in [2.05, 4.69) is 11.9 Å². The molecule has 1 amide bonds.